The van der Waals surface area contributed by atoms with E-state index < -0.39 is 17.6 Å². The topological polar surface area (TPSA) is 112 Å². The molecule has 224 valence electrons. The van der Waals surface area contributed by atoms with E-state index in [-0.39, 0.29) is 0 Å². The SMILES string of the molecule is CO[Si](CCCN(CC1CO1)CC1CO1)(OC)OC.CO[Si](CCCN(CC1CO1)CC1CO1)(OC)OC. The predicted octanol–water partition coefficient (Wildman–Crippen LogP) is 0.708. The van der Waals surface area contributed by atoms with Gasteiger partial charge in [0.1, 0.15) is 0 Å². The van der Waals surface area contributed by atoms with Gasteiger partial charge in [-0.1, -0.05) is 0 Å². The highest BCUT2D eigenvalue weighted by Crippen LogP contribution is 2.20. The van der Waals surface area contributed by atoms with Gasteiger partial charge in [-0.15, -0.1) is 0 Å². The molecule has 4 rings (SSSR count). The molecule has 4 fully saturated rings. The summed E-state index contributed by atoms with van der Waals surface area (Å²) in [6.07, 6.45) is 3.70. The van der Waals surface area contributed by atoms with E-state index in [1.165, 1.54) is 0 Å². The summed E-state index contributed by atoms with van der Waals surface area (Å²) in [7, 11) is 5.11. The van der Waals surface area contributed by atoms with E-state index in [1.807, 2.05) is 0 Å². The Hall–Kier alpha value is -0.0462. The molecule has 12 nitrogen and oxygen atoms in total. The van der Waals surface area contributed by atoms with Crippen molar-refractivity contribution in [3.05, 3.63) is 0 Å². The number of epoxide rings is 4. The van der Waals surface area contributed by atoms with Crippen LogP contribution in [0, 0.1) is 0 Å². The molecule has 0 aromatic heterocycles. The van der Waals surface area contributed by atoms with Gasteiger partial charge in [0, 0.05) is 80.9 Å². The van der Waals surface area contributed by atoms with Crippen LogP contribution in [0.5, 0.6) is 0 Å². The van der Waals surface area contributed by atoms with Crippen LogP contribution in [0.25, 0.3) is 0 Å². The minimum absolute atomic E-state index is 0.424. The Morgan fingerprint density at radius 3 is 0.921 bits per heavy atom. The first-order valence-electron chi connectivity index (χ1n) is 13.6. The van der Waals surface area contributed by atoms with Crippen molar-refractivity contribution >= 4 is 17.6 Å². The van der Waals surface area contributed by atoms with Gasteiger partial charge >= 0.3 is 17.6 Å². The minimum atomic E-state index is -2.42. The first kappa shape index (κ1) is 32.5. The number of hydrogen-bond donors (Lipinski definition) is 0. The molecule has 4 atom stereocenters. The second-order valence-corrected chi connectivity index (χ2v) is 16.3. The van der Waals surface area contributed by atoms with Crippen LogP contribution < -0.4 is 0 Å². The average Bonchev–Trinajstić information content (AvgIpc) is 3.74. The highest BCUT2D eigenvalue weighted by molar-refractivity contribution is 6.60. The largest absolute Gasteiger partial charge is 0.500 e. The fourth-order valence-electron chi connectivity index (χ4n) is 4.51. The summed E-state index contributed by atoms with van der Waals surface area (Å²) in [6, 6.07) is 1.67. The van der Waals surface area contributed by atoms with Crippen LogP contribution >= 0.6 is 0 Å². The van der Waals surface area contributed by atoms with Crippen LogP contribution in [-0.4, -0.2) is 160 Å². The second kappa shape index (κ2) is 16.4. The molecule has 14 heteroatoms. The van der Waals surface area contributed by atoms with Crippen LogP contribution in [0.2, 0.25) is 12.1 Å². The molecule has 4 unspecified atom stereocenters. The Kier molecular flexibility index (Phi) is 14.0. The summed E-state index contributed by atoms with van der Waals surface area (Å²) < 4.78 is 53.8. The van der Waals surface area contributed by atoms with Crippen LogP contribution in [-0.2, 0) is 45.5 Å². The maximum Gasteiger partial charge on any atom is 0.500 e. The van der Waals surface area contributed by atoms with Crippen LogP contribution in [0.4, 0.5) is 0 Å². The first-order valence-corrected chi connectivity index (χ1v) is 17.5. The lowest BCUT2D eigenvalue weighted by Crippen LogP contribution is -2.43. The Morgan fingerprint density at radius 1 is 0.500 bits per heavy atom. The molecule has 4 saturated heterocycles. The van der Waals surface area contributed by atoms with Crippen molar-refractivity contribution in [2.75, 3.05) is 108 Å². The Balaban J connectivity index is 0.000000211. The summed E-state index contributed by atoms with van der Waals surface area (Å²) >= 11 is 0. The zero-order valence-electron chi connectivity index (χ0n) is 24.2. The van der Waals surface area contributed by atoms with Crippen molar-refractivity contribution in [2.24, 2.45) is 0 Å². The first-order chi connectivity index (χ1) is 18.4. The van der Waals surface area contributed by atoms with Crippen molar-refractivity contribution in [1.82, 2.24) is 9.80 Å². The molecular weight excluding hydrogens is 532 g/mol. The van der Waals surface area contributed by atoms with Gasteiger partial charge in [-0.2, -0.15) is 0 Å². The second-order valence-electron chi connectivity index (χ2n) is 10.1. The van der Waals surface area contributed by atoms with Crippen LogP contribution in [0.1, 0.15) is 12.8 Å². The smallest absolute Gasteiger partial charge is 0.377 e. The van der Waals surface area contributed by atoms with Gasteiger partial charge in [-0.25, -0.2) is 0 Å². The van der Waals surface area contributed by atoms with E-state index in [0.29, 0.717) is 24.4 Å². The fourth-order valence-corrected chi connectivity index (χ4v) is 7.92. The molecule has 0 aliphatic carbocycles. The molecule has 0 saturated carbocycles. The monoisotopic (exact) mass is 582 g/mol. The van der Waals surface area contributed by atoms with E-state index in [4.69, 9.17) is 45.5 Å². The van der Waals surface area contributed by atoms with E-state index in [2.05, 4.69) is 9.80 Å². The van der Waals surface area contributed by atoms with E-state index >= 15 is 0 Å². The highest BCUT2D eigenvalue weighted by Gasteiger charge is 2.39. The molecule has 0 aromatic carbocycles. The van der Waals surface area contributed by atoms with Crippen molar-refractivity contribution < 1.29 is 45.5 Å². The molecule has 0 amide bonds. The van der Waals surface area contributed by atoms with E-state index in [0.717, 1.165) is 90.6 Å². The van der Waals surface area contributed by atoms with Gasteiger partial charge in [0.2, 0.25) is 0 Å². The van der Waals surface area contributed by atoms with Gasteiger partial charge in [0.15, 0.2) is 0 Å². The Bertz CT molecular complexity index is 547. The maximum absolute atomic E-state index is 5.43. The lowest BCUT2D eigenvalue weighted by molar-refractivity contribution is 0.120. The molecular formula is C24H50N2O10Si2. The van der Waals surface area contributed by atoms with E-state index in [9.17, 15) is 0 Å². The average molecular weight is 583 g/mol. The Morgan fingerprint density at radius 2 is 0.737 bits per heavy atom. The fraction of sp³-hybridized carbons (Fsp3) is 1.00. The molecule has 0 bridgehead atoms. The lowest BCUT2D eigenvalue weighted by atomic mass is 10.3. The minimum Gasteiger partial charge on any atom is -0.377 e. The summed E-state index contributed by atoms with van der Waals surface area (Å²) in [5, 5.41) is 0. The van der Waals surface area contributed by atoms with Crippen LogP contribution in [0.15, 0.2) is 0 Å². The molecule has 0 spiro atoms. The summed E-state index contributed by atoms with van der Waals surface area (Å²) in [5.41, 5.74) is 0. The number of nitrogens with zero attached hydrogens (tertiary/aromatic N) is 2. The summed E-state index contributed by atoms with van der Waals surface area (Å²) in [4.78, 5) is 4.82. The van der Waals surface area contributed by atoms with E-state index in [1.54, 1.807) is 42.7 Å². The molecule has 4 aliphatic heterocycles. The van der Waals surface area contributed by atoms with Crippen molar-refractivity contribution in [3.8, 4) is 0 Å². The van der Waals surface area contributed by atoms with Crippen molar-refractivity contribution in [2.45, 2.75) is 49.3 Å². The maximum atomic E-state index is 5.43. The van der Waals surface area contributed by atoms with Crippen molar-refractivity contribution in [1.29, 1.82) is 0 Å². The van der Waals surface area contributed by atoms with Gasteiger partial charge in [-0.05, 0) is 25.9 Å². The third-order valence-corrected chi connectivity index (χ3v) is 12.9. The highest BCUT2D eigenvalue weighted by atomic mass is 28.4. The molecule has 0 radical (unpaired) electrons. The van der Waals surface area contributed by atoms with Crippen molar-refractivity contribution in [3.63, 3.8) is 0 Å². The van der Waals surface area contributed by atoms with Crippen LogP contribution in [0.3, 0.4) is 0 Å². The standard InChI is InChI=1S/2C12H25NO5Si/c2*1-14-19(15-2,16-3)6-4-5-13(7-11-9-17-11)8-12-10-18-12/h2*11-12H,4-10H2,1-3H3. The number of ether oxygens (including phenoxy) is 4. The predicted molar refractivity (Wildman–Crippen MR) is 144 cm³/mol. The zero-order valence-corrected chi connectivity index (χ0v) is 26.2. The molecule has 4 aliphatic rings. The summed E-state index contributed by atoms with van der Waals surface area (Å²) in [5.74, 6) is 0. The molecule has 0 aromatic rings. The summed E-state index contributed by atoms with van der Waals surface area (Å²) in [6.45, 7) is 9.61. The third kappa shape index (κ3) is 12.2. The zero-order chi connectivity index (χ0) is 27.4. The molecule has 0 N–H and O–H groups in total. The number of rotatable bonds is 22. The van der Waals surface area contributed by atoms with Gasteiger partial charge in [0.05, 0.1) is 50.8 Å². The molecule has 4 heterocycles. The van der Waals surface area contributed by atoms with Gasteiger partial charge < -0.3 is 45.5 Å². The third-order valence-electron chi connectivity index (χ3n) is 7.24. The van der Waals surface area contributed by atoms with Gasteiger partial charge in [-0.3, -0.25) is 9.80 Å². The lowest BCUT2D eigenvalue weighted by Gasteiger charge is -2.26. The Labute approximate surface area is 230 Å². The number of hydrogen-bond acceptors (Lipinski definition) is 12. The van der Waals surface area contributed by atoms with Gasteiger partial charge in [0.25, 0.3) is 0 Å². The quantitative estimate of drug-likeness (QED) is 0.132. The molecule has 38 heavy (non-hydrogen) atoms. The normalized spacial score (nSPS) is 25.9.